The summed E-state index contributed by atoms with van der Waals surface area (Å²) in [5.41, 5.74) is 1.49. The molecule has 1 fully saturated rings. The molecule has 1 aliphatic heterocycles. The zero-order valence-corrected chi connectivity index (χ0v) is 15.9. The van der Waals surface area contributed by atoms with Crippen molar-refractivity contribution in [3.63, 3.8) is 0 Å². The third kappa shape index (κ3) is 3.93. The SMILES string of the molecule is C=C(C)COc1ccc2c(C)c(CC(=O)N3CCC[C@H]3C(=O)[O-])c(=O)oc2c1. The fourth-order valence-electron chi connectivity index (χ4n) is 3.44. The number of carboxylic acid groups (broad SMARTS) is 1. The van der Waals surface area contributed by atoms with E-state index in [1.165, 1.54) is 4.90 Å². The molecule has 7 nitrogen and oxygen atoms in total. The monoisotopic (exact) mass is 384 g/mol. The average molecular weight is 384 g/mol. The van der Waals surface area contributed by atoms with Gasteiger partial charge in [-0.15, -0.1) is 0 Å². The maximum Gasteiger partial charge on any atom is 0.340 e. The van der Waals surface area contributed by atoms with E-state index in [1.54, 1.807) is 25.1 Å². The molecule has 28 heavy (non-hydrogen) atoms. The molecule has 1 atom stereocenters. The van der Waals surface area contributed by atoms with Crippen LogP contribution in [-0.2, 0) is 16.0 Å². The van der Waals surface area contributed by atoms with Crippen LogP contribution in [0.25, 0.3) is 11.0 Å². The van der Waals surface area contributed by atoms with Gasteiger partial charge >= 0.3 is 5.63 Å². The molecular formula is C21H22NO6-. The zero-order valence-electron chi connectivity index (χ0n) is 15.9. The summed E-state index contributed by atoms with van der Waals surface area (Å²) in [5, 5.41) is 11.9. The highest BCUT2D eigenvalue weighted by atomic mass is 16.5. The standard InChI is InChI=1S/C21H23NO6/c1-12(2)11-27-14-6-7-15-13(3)16(21(26)28-18(15)9-14)10-19(23)22-8-4-5-17(22)20(24)25/h6-7,9,17H,1,4-5,8,10-11H2,2-3H3,(H,24,25)/p-1/t17-/m0/s1. The highest BCUT2D eigenvalue weighted by molar-refractivity contribution is 5.87. The summed E-state index contributed by atoms with van der Waals surface area (Å²) in [5.74, 6) is -1.13. The first-order valence-electron chi connectivity index (χ1n) is 9.11. The Labute approximate surface area is 162 Å². The first-order valence-corrected chi connectivity index (χ1v) is 9.11. The number of carbonyl (C=O) groups is 2. The number of benzene rings is 1. The molecule has 1 amide bonds. The second kappa shape index (κ2) is 7.88. The fourth-order valence-corrected chi connectivity index (χ4v) is 3.44. The van der Waals surface area contributed by atoms with E-state index in [0.717, 1.165) is 5.57 Å². The Morgan fingerprint density at radius 1 is 1.39 bits per heavy atom. The Balaban J connectivity index is 1.88. The van der Waals surface area contributed by atoms with Gasteiger partial charge in [0, 0.05) is 18.0 Å². The first-order chi connectivity index (χ1) is 13.3. The third-order valence-electron chi connectivity index (χ3n) is 4.92. The van der Waals surface area contributed by atoms with Gasteiger partial charge in [-0.3, -0.25) is 4.79 Å². The molecule has 1 aromatic carbocycles. The van der Waals surface area contributed by atoms with E-state index in [2.05, 4.69) is 6.58 Å². The van der Waals surface area contributed by atoms with Crippen molar-refractivity contribution in [2.75, 3.05) is 13.2 Å². The van der Waals surface area contributed by atoms with Gasteiger partial charge in [0.2, 0.25) is 5.91 Å². The molecule has 0 N–H and O–H groups in total. The molecule has 0 unspecified atom stereocenters. The van der Waals surface area contributed by atoms with E-state index >= 15 is 0 Å². The Bertz CT molecular complexity index is 1010. The first kappa shape index (κ1) is 19.7. The highest BCUT2D eigenvalue weighted by Gasteiger charge is 2.30. The molecule has 7 heteroatoms. The van der Waals surface area contributed by atoms with Crippen molar-refractivity contribution < 1.29 is 23.8 Å². The van der Waals surface area contributed by atoms with Crippen molar-refractivity contribution in [2.24, 2.45) is 0 Å². The molecule has 0 radical (unpaired) electrons. The number of carbonyl (C=O) groups excluding carboxylic acids is 2. The lowest BCUT2D eigenvalue weighted by Gasteiger charge is -2.25. The zero-order chi connectivity index (χ0) is 20.4. The third-order valence-corrected chi connectivity index (χ3v) is 4.92. The van der Waals surface area contributed by atoms with Gasteiger partial charge in [-0.1, -0.05) is 6.58 Å². The lowest BCUT2D eigenvalue weighted by atomic mass is 10.0. The van der Waals surface area contributed by atoms with Crippen molar-refractivity contribution in [3.8, 4) is 5.75 Å². The number of aryl methyl sites for hydroxylation is 1. The minimum Gasteiger partial charge on any atom is -0.548 e. The van der Waals surface area contributed by atoms with Crippen molar-refractivity contribution in [2.45, 2.75) is 39.2 Å². The van der Waals surface area contributed by atoms with E-state index in [9.17, 15) is 19.5 Å². The number of hydrogen-bond donors (Lipinski definition) is 0. The van der Waals surface area contributed by atoms with Gasteiger partial charge in [-0.2, -0.15) is 0 Å². The number of aliphatic carboxylic acids is 1. The predicted molar refractivity (Wildman–Crippen MR) is 101 cm³/mol. The maximum atomic E-state index is 12.6. The molecular weight excluding hydrogens is 362 g/mol. The molecule has 2 aromatic rings. The van der Waals surface area contributed by atoms with Crippen LogP contribution in [0.2, 0.25) is 0 Å². The molecule has 2 heterocycles. The minimum atomic E-state index is -1.27. The van der Waals surface area contributed by atoms with Crippen LogP contribution >= 0.6 is 0 Å². The number of fused-ring (bicyclic) bond motifs is 1. The Morgan fingerprint density at radius 2 is 2.14 bits per heavy atom. The van der Waals surface area contributed by atoms with E-state index < -0.39 is 23.5 Å². The van der Waals surface area contributed by atoms with Crippen molar-refractivity contribution in [1.82, 2.24) is 4.90 Å². The topological polar surface area (TPSA) is 99.9 Å². The Kier molecular flexibility index (Phi) is 5.53. The van der Waals surface area contributed by atoms with Gasteiger partial charge in [0.05, 0.1) is 24.0 Å². The van der Waals surface area contributed by atoms with E-state index in [0.29, 0.717) is 48.3 Å². The van der Waals surface area contributed by atoms with Crippen LogP contribution in [0.1, 0.15) is 30.9 Å². The summed E-state index contributed by atoms with van der Waals surface area (Å²) in [6.07, 6.45) is 0.761. The molecule has 0 spiro atoms. The van der Waals surface area contributed by atoms with Crippen molar-refractivity contribution in [1.29, 1.82) is 0 Å². The van der Waals surface area contributed by atoms with Crippen LogP contribution in [0.3, 0.4) is 0 Å². The number of likely N-dealkylation sites (tertiary alicyclic amines) is 1. The van der Waals surface area contributed by atoms with Crippen LogP contribution in [0.15, 0.2) is 39.6 Å². The molecule has 0 saturated carbocycles. The predicted octanol–water partition coefficient (Wildman–Crippen LogP) is 1.34. The summed E-state index contributed by atoms with van der Waals surface area (Å²) < 4.78 is 11.0. The highest BCUT2D eigenvalue weighted by Crippen LogP contribution is 2.25. The second-order valence-electron chi connectivity index (χ2n) is 7.14. The number of carboxylic acids is 1. The minimum absolute atomic E-state index is 0.207. The second-order valence-corrected chi connectivity index (χ2v) is 7.14. The summed E-state index contributed by atoms with van der Waals surface area (Å²) in [6, 6.07) is 4.23. The summed E-state index contributed by atoms with van der Waals surface area (Å²) in [6.45, 7) is 8.07. The number of hydrogen-bond acceptors (Lipinski definition) is 6. The van der Waals surface area contributed by atoms with Gasteiger partial charge < -0.3 is 24.0 Å². The van der Waals surface area contributed by atoms with Gasteiger partial charge in [-0.25, -0.2) is 4.79 Å². The van der Waals surface area contributed by atoms with E-state index in [-0.39, 0.29) is 12.0 Å². The molecule has 1 aromatic heterocycles. The van der Waals surface area contributed by atoms with Crippen LogP contribution in [0, 0.1) is 6.92 Å². The molecule has 0 bridgehead atoms. The van der Waals surface area contributed by atoms with Crippen LogP contribution in [0.5, 0.6) is 5.75 Å². The van der Waals surface area contributed by atoms with Crippen LogP contribution in [0.4, 0.5) is 0 Å². The van der Waals surface area contributed by atoms with E-state index in [1.807, 2.05) is 6.92 Å². The summed E-state index contributed by atoms with van der Waals surface area (Å²) in [7, 11) is 0. The normalized spacial score (nSPS) is 16.4. The molecule has 3 rings (SSSR count). The van der Waals surface area contributed by atoms with Crippen LogP contribution < -0.4 is 15.5 Å². The van der Waals surface area contributed by atoms with Crippen molar-refractivity contribution in [3.05, 3.63) is 51.9 Å². The molecule has 148 valence electrons. The quantitative estimate of drug-likeness (QED) is 0.550. The van der Waals surface area contributed by atoms with Crippen molar-refractivity contribution >= 4 is 22.8 Å². The number of nitrogens with zero attached hydrogens (tertiary/aromatic N) is 1. The molecule has 1 saturated heterocycles. The van der Waals surface area contributed by atoms with E-state index in [4.69, 9.17) is 9.15 Å². The van der Waals surface area contributed by atoms with Crippen LogP contribution in [-0.4, -0.2) is 36.0 Å². The summed E-state index contributed by atoms with van der Waals surface area (Å²) >= 11 is 0. The number of amides is 1. The summed E-state index contributed by atoms with van der Waals surface area (Å²) in [4.78, 5) is 37.5. The van der Waals surface area contributed by atoms with Gasteiger partial charge in [0.15, 0.2) is 0 Å². The molecule has 1 aliphatic rings. The number of ether oxygens (including phenoxy) is 1. The lowest BCUT2D eigenvalue weighted by molar-refractivity contribution is -0.310. The molecule has 0 aliphatic carbocycles. The lowest BCUT2D eigenvalue weighted by Crippen LogP contribution is -2.47. The Morgan fingerprint density at radius 3 is 2.82 bits per heavy atom. The smallest absolute Gasteiger partial charge is 0.340 e. The average Bonchev–Trinajstić information content (AvgIpc) is 3.13. The fraction of sp³-hybridized carbons (Fsp3) is 0.381. The number of rotatable bonds is 6. The maximum absolute atomic E-state index is 12.6. The Hall–Kier alpha value is -3.09. The van der Waals surface area contributed by atoms with Gasteiger partial charge in [0.1, 0.15) is 17.9 Å². The van der Waals surface area contributed by atoms with Gasteiger partial charge in [0.25, 0.3) is 0 Å². The van der Waals surface area contributed by atoms with Gasteiger partial charge in [-0.05, 0) is 50.0 Å². The largest absolute Gasteiger partial charge is 0.548 e.